The van der Waals surface area contributed by atoms with Crippen LogP contribution in [0.2, 0.25) is 5.02 Å². The molecule has 0 saturated carbocycles. The molecule has 1 unspecified atom stereocenters. The van der Waals surface area contributed by atoms with Gasteiger partial charge in [-0.3, -0.25) is 14.5 Å². The van der Waals surface area contributed by atoms with E-state index in [0.29, 0.717) is 11.6 Å². The van der Waals surface area contributed by atoms with Gasteiger partial charge in [0, 0.05) is 29.8 Å². The fourth-order valence-corrected chi connectivity index (χ4v) is 9.93. The number of benzene rings is 3. The molecule has 8 nitrogen and oxygen atoms in total. The van der Waals surface area contributed by atoms with E-state index in [1.165, 1.54) is 16.8 Å². The maximum atomic E-state index is 13.9. The van der Waals surface area contributed by atoms with E-state index in [1.54, 1.807) is 53.1 Å². The SMILES string of the molecule is CC(=O)OCC12CN(S(=O)(=O)c3ccc4cc(Cl)ccc4c3)CC(=O)N1CC1(CCN(Cc3ccccc3)CC1)S2. The van der Waals surface area contributed by atoms with Crippen molar-refractivity contribution in [1.29, 1.82) is 0 Å². The Morgan fingerprint density at radius 2 is 1.71 bits per heavy atom. The van der Waals surface area contributed by atoms with Crippen LogP contribution in [-0.4, -0.2) is 83.3 Å². The zero-order valence-corrected chi connectivity index (χ0v) is 25.2. The van der Waals surface area contributed by atoms with E-state index in [4.69, 9.17) is 16.3 Å². The number of carbonyl (C=O) groups is 2. The van der Waals surface area contributed by atoms with Gasteiger partial charge in [0.05, 0.1) is 18.0 Å². The number of esters is 1. The number of amides is 1. The molecule has 3 aromatic rings. The molecule has 11 heteroatoms. The van der Waals surface area contributed by atoms with Crippen LogP contribution in [0.15, 0.2) is 71.6 Å². The van der Waals surface area contributed by atoms with Crippen LogP contribution in [-0.2, 0) is 30.9 Å². The van der Waals surface area contributed by atoms with Crippen molar-refractivity contribution in [2.75, 3.05) is 39.3 Å². The second kappa shape index (κ2) is 10.9. The summed E-state index contributed by atoms with van der Waals surface area (Å²) < 4.78 is 34.3. The Morgan fingerprint density at radius 3 is 2.44 bits per heavy atom. The van der Waals surface area contributed by atoms with Gasteiger partial charge in [-0.1, -0.05) is 54.1 Å². The molecule has 0 bridgehead atoms. The fraction of sp³-hybridized carbons (Fsp3) is 0.400. The van der Waals surface area contributed by atoms with Crippen molar-refractivity contribution in [2.24, 2.45) is 0 Å². The first-order valence-electron chi connectivity index (χ1n) is 13.7. The van der Waals surface area contributed by atoms with Gasteiger partial charge in [0.2, 0.25) is 15.9 Å². The molecule has 216 valence electrons. The smallest absolute Gasteiger partial charge is 0.302 e. The minimum absolute atomic E-state index is 0.0488. The number of fused-ring (bicyclic) bond motifs is 2. The normalized spacial score (nSPS) is 23.2. The third-order valence-corrected chi connectivity index (χ3v) is 12.1. The lowest BCUT2D eigenvalue weighted by Crippen LogP contribution is -2.63. The summed E-state index contributed by atoms with van der Waals surface area (Å²) in [5.41, 5.74) is 1.26. The van der Waals surface area contributed by atoms with Gasteiger partial charge in [-0.05, 0) is 66.5 Å². The van der Waals surface area contributed by atoms with E-state index in [-0.39, 0.29) is 35.2 Å². The molecule has 3 aliphatic rings. The van der Waals surface area contributed by atoms with Crippen LogP contribution in [0.3, 0.4) is 0 Å². The number of carbonyl (C=O) groups excluding carboxylic acids is 2. The molecular weight excluding hydrogens is 582 g/mol. The van der Waals surface area contributed by atoms with Crippen LogP contribution in [0, 0.1) is 0 Å². The summed E-state index contributed by atoms with van der Waals surface area (Å²) in [6.45, 7) is 4.20. The lowest BCUT2D eigenvalue weighted by atomic mass is 9.94. The summed E-state index contributed by atoms with van der Waals surface area (Å²) in [5.74, 6) is -0.727. The number of thioether (sulfide) groups is 1. The van der Waals surface area contributed by atoms with Gasteiger partial charge in [0.1, 0.15) is 11.5 Å². The Hall–Kier alpha value is -2.63. The highest BCUT2D eigenvalue weighted by molar-refractivity contribution is 8.02. The Bertz CT molecular complexity index is 1590. The zero-order valence-electron chi connectivity index (χ0n) is 22.8. The number of sulfonamides is 1. The highest BCUT2D eigenvalue weighted by atomic mass is 35.5. The fourth-order valence-electron chi connectivity index (χ4n) is 6.19. The van der Waals surface area contributed by atoms with Crippen molar-refractivity contribution >= 4 is 56.0 Å². The monoisotopic (exact) mass is 613 g/mol. The minimum atomic E-state index is -4.01. The molecule has 3 heterocycles. The van der Waals surface area contributed by atoms with E-state index in [2.05, 4.69) is 17.0 Å². The Morgan fingerprint density at radius 1 is 1.00 bits per heavy atom. The maximum absolute atomic E-state index is 13.9. The van der Waals surface area contributed by atoms with Gasteiger partial charge in [0.25, 0.3) is 0 Å². The van der Waals surface area contributed by atoms with Gasteiger partial charge >= 0.3 is 5.97 Å². The molecule has 0 aromatic heterocycles. The molecule has 0 N–H and O–H groups in total. The molecule has 3 aromatic carbocycles. The Balaban J connectivity index is 1.25. The van der Waals surface area contributed by atoms with E-state index in [0.717, 1.165) is 43.2 Å². The van der Waals surface area contributed by atoms with Crippen LogP contribution in [0.1, 0.15) is 25.3 Å². The van der Waals surface area contributed by atoms with Gasteiger partial charge in [0.15, 0.2) is 0 Å². The molecule has 6 rings (SSSR count). The third-order valence-electron chi connectivity index (χ3n) is 8.31. The largest absolute Gasteiger partial charge is 0.462 e. The number of likely N-dealkylation sites (tertiary alicyclic amines) is 1. The van der Waals surface area contributed by atoms with E-state index >= 15 is 0 Å². The molecular formula is C30H32ClN3O5S2. The highest BCUT2D eigenvalue weighted by Gasteiger charge is 2.60. The van der Waals surface area contributed by atoms with Gasteiger partial charge in [-0.15, -0.1) is 11.8 Å². The predicted octanol–water partition coefficient (Wildman–Crippen LogP) is 4.37. The standard InChI is InChI=1S/C30H32ClN3O5S2/c1-22(35)39-21-30-20-33(41(37,38)27-10-8-24-15-26(31)9-7-25(24)16-27)18-28(36)34(30)19-29(40-30)11-13-32(14-12-29)17-23-5-3-2-4-6-23/h2-10,15-16H,11-14,17-21H2,1H3. The number of hydrogen-bond donors (Lipinski definition) is 0. The van der Waals surface area contributed by atoms with E-state index in [9.17, 15) is 18.0 Å². The number of hydrogen-bond acceptors (Lipinski definition) is 7. The first-order valence-corrected chi connectivity index (χ1v) is 16.3. The number of nitrogens with zero attached hydrogens (tertiary/aromatic N) is 3. The number of ether oxygens (including phenoxy) is 1. The molecule has 0 radical (unpaired) electrons. The minimum Gasteiger partial charge on any atom is -0.462 e. The van der Waals surface area contributed by atoms with Crippen LogP contribution in [0.4, 0.5) is 0 Å². The molecule has 1 spiro atoms. The molecule has 3 saturated heterocycles. The molecule has 1 atom stereocenters. The van der Waals surface area contributed by atoms with Crippen LogP contribution in [0.5, 0.6) is 0 Å². The molecule has 41 heavy (non-hydrogen) atoms. The summed E-state index contributed by atoms with van der Waals surface area (Å²) in [6.07, 6.45) is 1.71. The Kier molecular flexibility index (Phi) is 7.57. The average Bonchev–Trinajstić information content (AvgIpc) is 3.28. The van der Waals surface area contributed by atoms with Gasteiger partial charge in [-0.25, -0.2) is 8.42 Å². The lowest BCUT2D eigenvalue weighted by Gasteiger charge is -2.44. The van der Waals surface area contributed by atoms with Crippen molar-refractivity contribution in [2.45, 2.75) is 40.8 Å². The van der Waals surface area contributed by atoms with Gasteiger partial charge in [-0.2, -0.15) is 4.31 Å². The van der Waals surface area contributed by atoms with Crippen molar-refractivity contribution in [3.63, 3.8) is 0 Å². The average molecular weight is 614 g/mol. The summed E-state index contributed by atoms with van der Waals surface area (Å²) >= 11 is 7.72. The van der Waals surface area contributed by atoms with Crippen molar-refractivity contribution in [1.82, 2.24) is 14.1 Å². The Labute approximate surface area is 249 Å². The van der Waals surface area contributed by atoms with Gasteiger partial charge < -0.3 is 9.64 Å². The van der Waals surface area contributed by atoms with Crippen LogP contribution < -0.4 is 0 Å². The number of halogens is 1. The van der Waals surface area contributed by atoms with Crippen LogP contribution >= 0.6 is 23.4 Å². The highest BCUT2D eigenvalue weighted by Crippen LogP contribution is 2.54. The predicted molar refractivity (Wildman–Crippen MR) is 160 cm³/mol. The molecule has 1 amide bonds. The van der Waals surface area contributed by atoms with Crippen molar-refractivity contribution in [3.8, 4) is 0 Å². The van der Waals surface area contributed by atoms with Crippen molar-refractivity contribution < 1.29 is 22.7 Å². The van der Waals surface area contributed by atoms with Crippen LogP contribution in [0.25, 0.3) is 10.8 Å². The topological polar surface area (TPSA) is 87.2 Å². The summed E-state index contributed by atoms with van der Waals surface area (Å²) in [5, 5.41) is 2.14. The maximum Gasteiger partial charge on any atom is 0.302 e. The molecule has 3 fully saturated rings. The quantitative estimate of drug-likeness (QED) is 0.382. The van der Waals surface area contributed by atoms with E-state index in [1.807, 2.05) is 18.2 Å². The van der Waals surface area contributed by atoms with E-state index < -0.39 is 20.9 Å². The number of piperazine rings is 1. The lowest BCUT2D eigenvalue weighted by molar-refractivity contribution is -0.150. The first-order chi connectivity index (χ1) is 19.6. The second-order valence-electron chi connectivity index (χ2n) is 11.2. The summed E-state index contributed by atoms with van der Waals surface area (Å²) in [4.78, 5) is 28.9. The zero-order chi connectivity index (χ0) is 28.8. The second-order valence-corrected chi connectivity index (χ2v) is 15.4. The molecule has 0 aliphatic carbocycles. The van der Waals surface area contributed by atoms with Crippen molar-refractivity contribution in [3.05, 3.63) is 77.3 Å². The number of rotatable bonds is 6. The molecule has 3 aliphatic heterocycles. The number of piperidine rings is 1. The third kappa shape index (κ3) is 5.60. The summed E-state index contributed by atoms with van der Waals surface area (Å²) in [6, 6.07) is 20.5. The first kappa shape index (κ1) is 28.5. The summed E-state index contributed by atoms with van der Waals surface area (Å²) in [7, 11) is -4.01.